The molecule has 0 fully saturated rings. The first-order valence-corrected chi connectivity index (χ1v) is 5.42. The van der Waals surface area contributed by atoms with Crippen molar-refractivity contribution in [2.75, 3.05) is 6.54 Å². The Bertz CT molecular complexity index is 291. The Morgan fingerprint density at radius 3 is 2.50 bits per heavy atom. The number of aryl methyl sites for hydroxylation is 2. The minimum Gasteiger partial charge on any atom is -0.330 e. The fourth-order valence-corrected chi connectivity index (χ4v) is 1.66. The lowest BCUT2D eigenvalue weighted by molar-refractivity contribution is 0.640. The first-order chi connectivity index (χ1) is 6.65. The average Bonchev–Trinajstić information content (AvgIpc) is 2.18. The maximum Gasteiger partial charge on any atom is -0.00771 e. The number of rotatable bonds is 4. The molecule has 78 valence electrons. The van der Waals surface area contributed by atoms with Gasteiger partial charge in [-0.2, -0.15) is 0 Å². The molecule has 1 unspecified atom stereocenters. The molecule has 2 N–H and O–H groups in total. The van der Waals surface area contributed by atoms with Crippen LogP contribution in [-0.4, -0.2) is 6.54 Å². The molecule has 0 aromatic heterocycles. The van der Waals surface area contributed by atoms with Gasteiger partial charge in [-0.3, -0.25) is 0 Å². The maximum atomic E-state index is 5.51. The lowest BCUT2D eigenvalue weighted by Crippen LogP contribution is -2.02. The van der Waals surface area contributed by atoms with Gasteiger partial charge in [0.1, 0.15) is 0 Å². The van der Waals surface area contributed by atoms with Crippen LogP contribution in [0.2, 0.25) is 0 Å². The fourth-order valence-electron chi connectivity index (χ4n) is 1.66. The van der Waals surface area contributed by atoms with Gasteiger partial charge < -0.3 is 5.73 Å². The van der Waals surface area contributed by atoms with Crippen LogP contribution in [0, 0.1) is 13.8 Å². The summed E-state index contributed by atoms with van der Waals surface area (Å²) < 4.78 is 0. The molecule has 1 nitrogen and oxygen atoms in total. The van der Waals surface area contributed by atoms with E-state index in [0.717, 1.165) is 13.0 Å². The summed E-state index contributed by atoms with van der Waals surface area (Å²) >= 11 is 0. The maximum absolute atomic E-state index is 5.51. The van der Waals surface area contributed by atoms with Crippen LogP contribution >= 0.6 is 0 Å². The van der Waals surface area contributed by atoms with Crippen molar-refractivity contribution in [3.8, 4) is 0 Å². The lowest BCUT2D eigenvalue weighted by atomic mass is 9.93. The van der Waals surface area contributed by atoms with Crippen LogP contribution in [0.3, 0.4) is 0 Å². The summed E-state index contributed by atoms with van der Waals surface area (Å²) in [6.07, 6.45) is 2.31. The zero-order valence-corrected chi connectivity index (χ0v) is 9.51. The minimum absolute atomic E-state index is 0.637. The van der Waals surface area contributed by atoms with Crippen LogP contribution < -0.4 is 5.73 Å². The number of hydrogen-bond acceptors (Lipinski definition) is 1. The molecule has 0 spiro atoms. The highest BCUT2D eigenvalue weighted by atomic mass is 14.5. The molecule has 0 aliphatic heterocycles. The highest BCUT2D eigenvalue weighted by molar-refractivity contribution is 5.31. The summed E-state index contributed by atoms with van der Waals surface area (Å²) in [5.74, 6) is 0.637. The Balaban J connectivity index is 2.70. The highest BCUT2D eigenvalue weighted by Gasteiger charge is 2.05. The van der Waals surface area contributed by atoms with E-state index >= 15 is 0 Å². The molecule has 0 amide bonds. The van der Waals surface area contributed by atoms with E-state index in [4.69, 9.17) is 5.73 Å². The zero-order valence-electron chi connectivity index (χ0n) is 9.51. The predicted octanol–water partition coefficient (Wildman–Crippen LogP) is 3.15. The second kappa shape index (κ2) is 5.16. The second-order valence-corrected chi connectivity index (χ2v) is 4.18. The van der Waals surface area contributed by atoms with E-state index in [0.29, 0.717) is 5.92 Å². The van der Waals surface area contributed by atoms with Gasteiger partial charge in [0.2, 0.25) is 0 Å². The third-order valence-electron chi connectivity index (χ3n) is 2.94. The van der Waals surface area contributed by atoms with Crippen molar-refractivity contribution in [1.82, 2.24) is 0 Å². The van der Waals surface area contributed by atoms with Crippen LogP contribution in [0.1, 0.15) is 42.4 Å². The van der Waals surface area contributed by atoms with Crippen LogP contribution in [0.25, 0.3) is 0 Å². The van der Waals surface area contributed by atoms with E-state index in [1.165, 1.54) is 23.1 Å². The summed E-state index contributed by atoms with van der Waals surface area (Å²) in [6, 6.07) is 6.75. The van der Waals surface area contributed by atoms with Crippen molar-refractivity contribution in [3.05, 3.63) is 34.9 Å². The molecule has 1 heteroatoms. The van der Waals surface area contributed by atoms with E-state index in [-0.39, 0.29) is 0 Å². The van der Waals surface area contributed by atoms with Crippen molar-refractivity contribution in [1.29, 1.82) is 0 Å². The fraction of sp³-hybridized carbons (Fsp3) is 0.538. The van der Waals surface area contributed by atoms with Crippen LogP contribution in [0.5, 0.6) is 0 Å². The molecule has 0 aliphatic carbocycles. The molecule has 1 atom stereocenters. The Labute approximate surface area is 87.3 Å². The standard InChI is InChI=1S/C13H21N/c1-10-6-7-13(9-12(10)3)11(2)5-4-8-14/h6-7,9,11H,4-5,8,14H2,1-3H3. The van der Waals surface area contributed by atoms with Gasteiger partial charge in [0.15, 0.2) is 0 Å². The van der Waals surface area contributed by atoms with Crippen molar-refractivity contribution in [2.45, 2.75) is 39.5 Å². The smallest absolute Gasteiger partial charge is 0.00771 e. The monoisotopic (exact) mass is 191 g/mol. The van der Waals surface area contributed by atoms with Gasteiger partial charge in [0, 0.05) is 0 Å². The van der Waals surface area contributed by atoms with Crippen molar-refractivity contribution in [2.24, 2.45) is 5.73 Å². The summed E-state index contributed by atoms with van der Waals surface area (Å²) in [4.78, 5) is 0. The third-order valence-corrected chi connectivity index (χ3v) is 2.94. The molecule has 0 radical (unpaired) electrons. The minimum atomic E-state index is 0.637. The van der Waals surface area contributed by atoms with E-state index in [1.807, 2.05) is 0 Å². The summed E-state index contributed by atoms with van der Waals surface area (Å²) in [7, 11) is 0. The SMILES string of the molecule is Cc1ccc(C(C)CCCN)cc1C. The van der Waals surface area contributed by atoms with Gasteiger partial charge in [-0.1, -0.05) is 25.1 Å². The quantitative estimate of drug-likeness (QED) is 0.777. The van der Waals surface area contributed by atoms with Gasteiger partial charge >= 0.3 is 0 Å². The predicted molar refractivity (Wildman–Crippen MR) is 62.6 cm³/mol. The highest BCUT2D eigenvalue weighted by Crippen LogP contribution is 2.22. The van der Waals surface area contributed by atoms with Crippen LogP contribution in [-0.2, 0) is 0 Å². The molecular weight excluding hydrogens is 170 g/mol. The third kappa shape index (κ3) is 2.85. The van der Waals surface area contributed by atoms with Crippen molar-refractivity contribution >= 4 is 0 Å². The average molecular weight is 191 g/mol. The molecule has 0 saturated heterocycles. The molecule has 0 aliphatic rings. The lowest BCUT2D eigenvalue weighted by Gasteiger charge is -2.12. The van der Waals surface area contributed by atoms with Crippen molar-refractivity contribution < 1.29 is 0 Å². The second-order valence-electron chi connectivity index (χ2n) is 4.18. The van der Waals surface area contributed by atoms with E-state index < -0.39 is 0 Å². The molecule has 0 bridgehead atoms. The number of benzene rings is 1. The molecule has 1 aromatic rings. The summed E-state index contributed by atoms with van der Waals surface area (Å²) in [5, 5.41) is 0. The van der Waals surface area contributed by atoms with Gasteiger partial charge in [0.05, 0.1) is 0 Å². The Hall–Kier alpha value is -0.820. The summed E-state index contributed by atoms with van der Waals surface area (Å²) in [6.45, 7) is 7.41. The number of hydrogen-bond donors (Lipinski definition) is 1. The first-order valence-electron chi connectivity index (χ1n) is 5.42. The molecule has 14 heavy (non-hydrogen) atoms. The van der Waals surface area contributed by atoms with Gasteiger partial charge in [-0.25, -0.2) is 0 Å². The van der Waals surface area contributed by atoms with Gasteiger partial charge in [-0.05, 0) is 55.8 Å². The van der Waals surface area contributed by atoms with E-state index in [9.17, 15) is 0 Å². The summed E-state index contributed by atoms with van der Waals surface area (Å²) in [5.41, 5.74) is 9.72. The normalized spacial score (nSPS) is 12.9. The molecule has 1 rings (SSSR count). The van der Waals surface area contributed by atoms with Crippen molar-refractivity contribution in [3.63, 3.8) is 0 Å². The molecular formula is C13H21N. The van der Waals surface area contributed by atoms with E-state index in [1.54, 1.807) is 0 Å². The van der Waals surface area contributed by atoms with Gasteiger partial charge in [0.25, 0.3) is 0 Å². The largest absolute Gasteiger partial charge is 0.330 e. The molecule has 1 aromatic carbocycles. The van der Waals surface area contributed by atoms with Crippen LogP contribution in [0.4, 0.5) is 0 Å². The topological polar surface area (TPSA) is 26.0 Å². The van der Waals surface area contributed by atoms with Crippen LogP contribution in [0.15, 0.2) is 18.2 Å². The molecule has 0 heterocycles. The molecule has 0 saturated carbocycles. The van der Waals surface area contributed by atoms with E-state index in [2.05, 4.69) is 39.0 Å². The Morgan fingerprint density at radius 1 is 1.21 bits per heavy atom. The zero-order chi connectivity index (χ0) is 10.6. The number of nitrogens with two attached hydrogens (primary N) is 1. The Morgan fingerprint density at radius 2 is 1.93 bits per heavy atom. The Kier molecular flexibility index (Phi) is 4.15. The van der Waals surface area contributed by atoms with Gasteiger partial charge in [-0.15, -0.1) is 0 Å². The first kappa shape index (κ1) is 11.3.